The smallest absolute Gasteiger partial charge is 0.295 e. The van der Waals surface area contributed by atoms with Gasteiger partial charge in [0.2, 0.25) is 5.76 Å². The van der Waals surface area contributed by atoms with Crippen LogP contribution in [0.1, 0.15) is 42.7 Å². The molecule has 96 valence electrons. The summed E-state index contributed by atoms with van der Waals surface area (Å²) in [5.74, 6) is 0.286. The number of aromatic nitrogens is 3. The molecule has 2 aromatic rings. The second-order valence-electron chi connectivity index (χ2n) is 5.20. The van der Waals surface area contributed by atoms with Crippen molar-refractivity contribution in [2.24, 2.45) is 0 Å². The van der Waals surface area contributed by atoms with Crippen molar-refractivity contribution in [3.8, 4) is 0 Å². The molecule has 0 radical (unpaired) electrons. The largest absolute Gasteiger partial charge is 0.351 e. The Hall–Kier alpha value is -2.11. The molecule has 6 heteroatoms. The van der Waals surface area contributed by atoms with Gasteiger partial charge in [0, 0.05) is 23.2 Å². The molecule has 6 nitrogen and oxygen atoms in total. The van der Waals surface area contributed by atoms with E-state index in [2.05, 4.69) is 41.4 Å². The van der Waals surface area contributed by atoms with Crippen LogP contribution in [0.25, 0.3) is 0 Å². The number of aromatic amines is 1. The zero-order valence-electron chi connectivity index (χ0n) is 10.9. The molecule has 0 atom stereocenters. The van der Waals surface area contributed by atoms with Gasteiger partial charge in [-0.15, -0.1) is 0 Å². The average Bonchev–Trinajstić information content (AvgIpc) is 2.85. The number of amides is 1. The van der Waals surface area contributed by atoms with Gasteiger partial charge in [-0.1, -0.05) is 25.9 Å². The lowest BCUT2D eigenvalue weighted by molar-refractivity contribution is 0.0987. The van der Waals surface area contributed by atoms with E-state index in [0.717, 1.165) is 5.69 Å². The van der Waals surface area contributed by atoms with Gasteiger partial charge in [-0.3, -0.25) is 9.89 Å². The van der Waals surface area contributed by atoms with Crippen molar-refractivity contribution in [3.63, 3.8) is 0 Å². The van der Waals surface area contributed by atoms with Crippen molar-refractivity contribution in [1.29, 1.82) is 0 Å². The van der Waals surface area contributed by atoms with Crippen molar-refractivity contribution in [1.82, 2.24) is 15.4 Å². The highest BCUT2D eigenvalue weighted by Crippen LogP contribution is 2.22. The van der Waals surface area contributed by atoms with Gasteiger partial charge in [-0.25, -0.2) is 0 Å². The van der Waals surface area contributed by atoms with E-state index in [1.807, 2.05) is 0 Å². The number of carbonyl (C=O) groups is 1. The van der Waals surface area contributed by atoms with Crippen molar-refractivity contribution in [3.05, 3.63) is 29.3 Å². The molecule has 0 bridgehead atoms. The maximum Gasteiger partial charge on any atom is 0.295 e. The number of anilines is 1. The van der Waals surface area contributed by atoms with Gasteiger partial charge in [-0.05, 0) is 6.92 Å². The zero-order valence-corrected chi connectivity index (χ0v) is 10.9. The minimum atomic E-state index is -0.359. The van der Waals surface area contributed by atoms with Gasteiger partial charge in [0.15, 0.2) is 5.82 Å². The summed E-state index contributed by atoms with van der Waals surface area (Å²) in [4.78, 5) is 11.8. The molecule has 0 aromatic carbocycles. The van der Waals surface area contributed by atoms with Crippen LogP contribution in [-0.4, -0.2) is 21.3 Å². The second kappa shape index (κ2) is 4.29. The van der Waals surface area contributed by atoms with Crippen LogP contribution in [0.4, 0.5) is 5.82 Å². The fourth-order valence-electron chi connectivity index (χ4n) is 1.42. The van der Waals surface area contributed by atoms with E-state index in [1.165, 1.54) is 0 Å². The Morgan fingerprint density at radius 1 is 1.39 bits per heavy atom. The highest BCUT2D eigenvalue weighted by atomic mass is 16.5. The fraction of sp³-hybridized carbons (Fsp3) is 0.417. The Morgan fingerprint density at radius 3 is 2.61 bits per heavy atom. The average molecular weight is 248 g/mol. The van der Waals surface area contributed by atoms with Crippen LogP contribution >= 0.6 is 0 Å². The van der Waals surface area contributed by atoms with Crippen LogP contribution < -0.4 is 5.32 Å². The molecular formula is C12H16N4O2. The molecule has 0 spiro atoms. The van der Waals surface area contributed by atoms with Gasteiger partial charge in [0.1, 0.15) is 0 Å². The quantitative estimate of drug-likeness (QED) is 0.853. The van der Waals surface area contributed by atoms with E-state index in [9.17, 15) is 4.79 Å². The SMILES string of the molecule is Cc1cc(C(=O)Nc2cc(C(C)(C)C)[nH]n2)on1. The van der Waals surface area contributed by atoms with Crippen LogP contribution in [0.2, 0.25) is 0 Å². The lowest BCUT2D eigenvalue weighted by atomic mass is 9.92. The summed E-state index contributed by atoms with van der Waals surface area (Å²) in [6.07, 6.45) is 0. The van der Waals surface area contributed by atoms with Crippen molar-refractivity contribution in [2.45, 2.75) is 33.1 Å². The van der Waals surface area contributed by atoms with E-state index in [4.69, 9.17) is 4.52 Å². The predicted molar refractivity (Wildman–Crippen MR) is 66.5 cm³/mol. The molecule has 0 aliphatic carbocycles. The summed E-state index contributed by atoms with van der Waals surface area (Å²) in [6, 6.07) is 3.38. The van der Waals surface area contributed by atoms with Gasteiger partial charge < -0.3 is 9.84 Å². The number of nitrogens with zero attached hydrogens (tertiary/aromatic N) is 2. The third kappa shape index (κ3) is 2.58. The first kappa shape index (κ1) is 12.3. The third-order valence-corrected chi connectivity index (χ3v) is 2.48. The molecular weight excluding hydrogens is 232 g/mol. The Bertz CT molecular complexity index is 563. The Morgan fingerprint density at radius 2 is 2.11 bits per heavy atom. The number of rotatable bonds is 2. The topological polar surface area (TPSA) is 83.8 Å². The van der Waals surface area contributed by atoms with Gasteiger partial charge in [0.25, 0.3) is 5.91 Å². The zero-order chi connectivity index (χ0) is 13.3. The Kier molecular flexibility index (Phi) is 2.94. The Labute approximate surface area is 105 Å². The molecule has 0 aliphatic heterocycles. The van der Waals surface area contributed by atoms with Crippen molar-refractivity contribution in [2.75, 3.05) is 5.32 Å². The molecule has 1 amide bonds. The molecule has 0 aliphatic rings. The van der Waals surface area contributed by atoms with Crippen LogP contribution in [0.3, 0.4) is 0 Å². The highest BCUT2D eigenvalue weighted by Gasteiger charge is 2.18. The van der Waals surface area contributed by atoms with Crippen LogP contribution in [0.5, 0.6) is 0 Å². The molecule has 0 saturated heterocycles. The summed E-state index contributed by atoms with van der Waals surface area (Å²) in [5.41, 5.74) is 1.57. The fourth-order valence-corrected chi connectivity index (χ4v) is 1.42. The minimum Gasteiger partial charge on any atom is -0.351 e. The summed E-state index contributed by atoms with van der Waals surface area (Å²) in [6.45, 7) is 7.94. The first-order valence-electron chi connectivity index (χ1n) is 5.67. The summed E-state index contributed by atoms with van der Waals surface area (Å²) < 4.78 is 4.87. The highest BCUT2D eigenvalue weighted by molar-refractivity contribution is 6.01. The van der Waals surface area contributed by atoms with Gasteiger partial charge in [0.05, 0.1) is 5.69 Å². The number of aryl methyl sites for hydroxylation is 1. The monoisotopic (exact) mass is 248 g/mol. The maximum absolute atomic E-state index is 11.8. The number of carbonyl (C=O) groups excluding carboxylic acids is 1. The summed E-state index contributed by atoms with van der Waals surface area (Å²) in [7, 11) is 0. The predicted octanol–water partition coefficient (Wildman–Crippen LogP) is 2.26. The van der Waals surface area contributed by atoms with Crippen molar-refractivity contribution < 1.29 is 9.32 Å². The molecule has 2 heterocycles. The number of H-pyrrole nitrogens is 1. The molecule has 2 N–H and O–H groups in total. The van der Waals surface area contributed by atoms with Crippen molar-refractivity contribution >= 4 is 11.7 Å². The molecule has 2 aromatic heterocycles. The number of hydrogen-bond acceptors (Lipinski definition) is 4. The first-order chi connectivity index (χ1) is 8.36. The molecule has 2 rings (SSSR count). The van der Waals surface area contributed by atoms with E-state index >= 15 is 0 Å². The normalized spacial score (nSPS) is 11.6. The molecule has 0 saturated carbocycles. The van der Waals surface area contributed by atoms with Crippen LogP contribution in [0, 0.1) is 6.92 Å². The number of hydrogen-bond donors (Lipinski definition) is 2. The van der Waals surface area contributed by atoms with Crippen LogP contribution in [0.15, 0.2) is 16.7 Å². The summed E-state index contributed by atoms with van der Waals surface area (Å²) in [5, 5.41) is 13.2. The molecule has 0 unspecified atom stereocenters. The molecule has 0 fully saturated rings. The van der Waals surface area contributed by atoms with E-state index in [1.54, 1.807) is 19.1 Å². The minimum absolute atomic E-state index is 0.0429. The lowest BCUT2D eigenvalue weighted by Gasteiger charge is -2.14. The van der Waals surface area contributed by atoms with E-state index in [0.29, 0.717) is 11.5 Å². The van der Waals surface area contributed by atoms with E-state index in [-0.39, 0.29) is 17.1 Å². The van der Waals surface area contributed by atoms with E-state index < -0.39 is 0 Å². The van der Waals surface area contributed by atoms with Gasteiger partial charge >= 0.3 is 0 Å². The second-order valence-corrected chi connectivity index (χ2v) is 5.20. The third-order valence-electron chi connectivity index (χ3n) is 2.48. The maximum atomic E-state index is 11.8. The van der Waals surface area contributed by atoms with Crippen LogP contribution in [-0.2, 0) is 5.41 Å². The summed E-state index contributed by atoms with van der Waals surface area (Å²) >= 11 is 0. The van der Waals surface area contributed by atoms with Gasteiger partial charge in [-0.2, -0.15) is 5.10 Å². The number of nitrogens with one attached hydrogen (secondary N) is 2. The Balaban J connectivity index is 2.10. The first-order valence-corrected chi connectivity index (χ1v) is 5.67. The lowest BCUT2D eigenvalue weighted by Crippen LogP contribution is -2.12. The molecule has 18 heavy (non-hydrogen) atoms. The standard InChI is InChI=1S/C12H16N4O2/c1-7-5-8(18-16-7)11(17)13-10-6-9(14-15-10)12(2,3)4/h5-6H,1-4H3,(H2,13,14,15,17).